The van der Waals surface area contributed by atoms with Crippen molar-refractivity contribution in [1.82, 2.24) is 5.32 Å². The van der Waals surface area contributed by atoms with E-state index >= 15 is 0 Å². The van der Waals surface area contributed by atoms with Crippen LogP contribution in [0.15, 0.2) is 71.6 Å². The molecule has 0 radical (unpaired) electrons. The molecule has 0 fully saturated rings. The average Bonchev–Trinajstić information content (AvgIpc) is 2.81. The number of aryl methyl sites for hydroxylation is 1. The number of anilines is 1. The molecule has 0 aliphatic heterocycles. The molecule has 0 aliphatic rings. The number of carbonyl (C=O) groups is 1. The molecule has 6 nitrogen and oxygen atoms in total. The predicted octanol–water partition coefficient (Wildman–Crippen LogP) is 5.19. The zero-order valence-corrected chi connectivity index (χ0v) is 20.3. The van der Waals surface area contributed by atoms with Crippen LogP contribution in [0.2, 0.25) is 5.02 Å². The highest BCUT2D eigenvalue weighted by Gasteiger charge is 2.35. The van der Waals surface area contributed by atoms with Gasteiger partial charge in [-0.15, -0.1) is 0 Å². The highest BCUT2D eigenvalue weighted by molar-refractivity contribution is 7.92. The van der Waals surface area contributed by atoms with E-state index in [9.17, 15) is 26.4 Å². The maximum atomic E-state index is 13.5. The van der Waals surface area contributed by atoms with Gasteiger partial charge in [0.15, 0.2) is 0 Å². The Morgan fingerprint density at radius 1 is 1.06 bits per heavy atom. The number of alkyl halides is 3. The minimum Gasteiger partial charge on any atom is -0.496 e. The van der Waals surface area contributed by atoms with E-state index in [0.717, 1.165) is 17.7 Å². The first-order valence-corrected chi connectivity index (χ1v) is 12.1. The normalized spacial score (nSPS) is 11.7. The lowest BCUT2D eigenvalue weighted by Gasteiger charge is -2.25. The first kappa shape index (κ1) is 26.4. The van der Waals surface area contributed by atoms with Crippen molar-refractivity contribution < 1.29 is 31.1 Å². The van der Waals surface area contributed by atoms with Crippen LogP contribution in [0.4, 0.5) is 18.9 Å². The number of sulfonamides is 1. The summed E-state index contributed by atoms with van der Waals surface area (Å²) in [5, 5.41) is 2.00. The Kier molecular flexibility index (Phi) is 7.97. The van der Waals surface area contributed by atoms with E-state index in [0.29, 0.717) is 21.7 Å². The molecule has 3 rings (SSSR count). The van der Waals surface area contributed by atoms with Crippen molar-refractivity contribution in [1.29, 1.82) is 0 Å². The summed E-state index contributed by atoms with van der Waals surface area (Å²) < 4.78 is 73.0. The van der Waals surface area contributed by atoms with Gasteiger partial charge in [0.25, 0.3) is 10.0 Å². The second kappa shape index (κ2) is 10.6. The van der Waals surface area contributed by atoms with Gasteiger partial charge in [-0.3, -0.25) is 9.10 Å². The van der Waals surface area contributed by atoms with Gasteiger partial charge < -0.3 is 10.1 Å². The number of hydrogen-bond donors (Lipinski definition) is 1. The molecule has 0 heterocycles. The first-order valence-electron chi connectivity index (χ1n) is 10.3. The lowest BCUT2D eigenvalue weighted by atomic mass is 10.2. The monoisotopic (exact) mass is 526 g/mol. The van der Waals surface area contributed by atoms with Crippen molar-refractivity contribution in [2.45, 2.75) is 24.5 Å². The number of amides is 1. The summed E-state index contributed by atoms with van der Waals surface area (Å²) >= 11 is 5.71. The molecule has 35 heavy (non-hydrogen) atoms. The van der Waals surface area contributed by atoms with Crippen molar-refractivity contribution in [3.05, 3.63) is 88.4 Å². The largest absolute Gasteiger partial charge is 0.496 e. The minimum atomic E-state index is -4.82. The highest BCUT2D eigenvalue weighted by atomic mass is 35.5. The van der Waals surface area contributed by atoms with Gasteiger partial charge >= 0.3 is 6.18 Å². The predicted molar refractivity (Wildman–Crippen MR) is 127 cm³/mol. The highest BCUT2D eigenvalue weighted by Crippen LogP contribution is 2.38. The summed E-state index contributed by atoms with van der Waals surface area (Å²) in [6, 6.07) is 15.3. The number of hydrogen-bond acceptors (Lipinski definition) is 4. The van der Waals surface area contributed by atoms with Gasteiger partial charge in [0.2, 0.25) is 5.91 Å². The molecule has 0 unspecified atom stereocenters. The number of rotatable bonds is 8. The van der Waals surface area contributed by atoms with Gasteiger partial charge in [0.1, 0.15) is 12.3 Å². The molecule has 0 bridgehead atoms. The van der Waals surface area contributed by atoms with Crippen LogP contribution in [-0.4, -0.2) is 28.0 Å². The minimum absolute atomic E-state index is 0.0235. The molecule has 3 aromatic rings. The van der Waals surface area contributed by atoms with E-state index in [2.05, 4.69) is 5.32 Å². The Labute approximate surface area is 206 Å². The molecule has 0 spiro atoms. The topological polar surface area (TPSA) is 75.7 Å². The van der Waals surface area contributed by atoms with E-state index in [4.69, 9.17) is 16.3 Å². The van der Waals surface area contributed by atoms with Crippen LogP contribution in [0.25, 0.3) is 0 Å². The van der Waals surface area contributed by atoms with Crippen LogP contribution < -0.4 is 14.4 Å². The maximum absolute atomic E-state index is 13.5. The van der Waals surface area contributed by atoms with Gasteiger partial charge in [-0.05, 0) is 43.3 Å². The van der Waals surface area contributed by atoms with Crippen molar-refractivity contribution in [2.24, 2.45) is 0 Å². The molecular formula is C24H22ClF3N2O4S. The molecule has 11 heteroatoms. The van der Waals surface area contributed by atoms with Gasteiger partial charge in [-0.1, -0.05) is 47.5 Å². The van der Waals surface area contributed by atoms with Crippen LogP contribution >= 0.6 is 11.6 Å². The first-order chi connectivity index (χ1) is 16.4. The molecule has 0 atom stereocenters. The zero-order chi connectivity index (χ0) is 25.8. The van der Waals surface area contributed by atoms with E-state index in [-0.39, 0.29) is 17.1 Å². The van der Waals surface area contributed by atoms with Gasteiger partial charge in [0.05, 0.1) is 28.3 Å². The van der Waals surface area contributed by atoms with Crippen LogP contribution in [0.5, 0.6) is 5.75 Å². The smallest absolute Gasteiger partial charge is 0.417 e. The molecule has 1 amide bonds. The lowest BCUT2D eigenvalue weighted by molar-refractivity contribution is -0.137. The number of methoxy groups -OCH3 is 1. The third-order valence-corrected chi connectivity index (χ3v) is 7.23. The number of carbonyl (C=O) groups excluding carboxylic acids is 1. The van der Waals surface area contributed by atoms with Gasteiger partial charge in [0, 0.05) is 12.1 Å². The summed E-state index contributed by atoms with van der Waals surface area (Å²) in [6.07, 6.45) is -4.82. The molecule has 0 aliphatic carbocycles. The number of benzene rings is 3. The quantitative estimate of drug-likeness (QED) is 0.438. The van der Waals surface area contributed by atoms with E-state index in [1.54, 1.807) is 43.3 Å². The Hall–Kier alpha value is -3.24. The van der Waals surface area contributed by atoms with Crippen molar-refractivity contribution in [3.63, 3.8) is 0 Å². The number of nitrogens with one attached hydrogen (secondary N) is 1. The fraction of sp³-hybridized carbons (Fsp3) is 0.208. The van der Waals surface area contributed by atoms with Gasteiger partial charge in [-0.25, -0.2) is 8.42 Å². The Morgan fingerprint density at radius 3 is 2.34 bits per heavy atom. The number of ether oxygens (including phenoxy) is 1. The Bertz CT molecular complexity index is 1310. The second-order valence-corrected chi connectivity index (χ2v) is 9.84. The summed E-state index contributed by atoms with van der Waals surface area (Å²) in [4.78, 5) is 12.6. The molecule has 0 saturated carbocycles. The molecular weight excluding hydrogens is 505 g/mol. The number of nitrogens with zero attached hydrogens (tertiary/aromatic N) is 1. The molecule has 0 aromatic heterocycles. The van der Waals surface area contributed by atoms with Crippen molar-refractivity contribution in [2.75, 3.05) is 18.0 Å². The van der Waals surface area contributed by atoms with Crippen LogP contribution in [0.3, 0.4) is 0 Å². The summed E-state index contributed by atoms with van der Waals surface area (Å²) in [5.74, 6) is -0.209. The third-order valence-electron chi connectivity index (χ3n) is 5.11. The van der Waals surface area contributed by atoms with Crippen molar-refractivity contribution >= 4 is 33.2 Å². The molecule has 3 aromatic carbocycles. The Morgan fingerprint density at radius 2 is 1.71 bits per heavy atom. The molecule has 1 N–H and O–H groups in total. The summed E-state index contributed by atoms with van der Waals surface area (Å²) in [6.45, 7) is 1.02. The average molecular weight is 527 g/mol. The molecule has 186 valence electrons. The van der Waals surface area contributed by atoms with E-state index < -0.39 is 39.2 Å². The fourth-order valence-corrected chi connectivity index (χ4v) is 4.90. The Balaban J connectivity index is 1.97. The van der Waals surface area contributed by atoms with Crippen LogP contribution in [0, 0.1) is 6.92 Å². The SMILES string of the molecule is COc1ccccc1CNC(=O)CN(c1ccc(Cl)c(C(F)(F)F)c1)S(=O)(=O)c1ccc(C)cc1. The maximum Gasteiger partial charge on any atom is 0.417 e. The standard InChI is InChI=1S/C24H22ClF3N2O4S/c1-16-7-10-19(11-8-16)35(32,33)30(18-9-12-21(25)20(13-18)24(26,27)28)15-23(31)29-14-17-5-3-4-6-22(17)34-2/h3-13H,14-15H2,1-2H3,(H,29,31). The third kappa shape index (κ3) is 6.26. The van der Waals surface area contributed by atoms with E-state index in [1.807, 2.05) is 0 Å². The van der Waals surface area contributed by atoms with Crippen LogP contribution in [0.1, 0.15) is 16.7 Å². The second-order valence-electron chi connectivity index (χ2n) is 7.58. The number of para-hydroxylation sites is 1. The molecule has 0 saturated heterocycles. The van der Waals surface area contributed by atoms with Crippen LogP contribution in [-0.2, 0) is 27.5 Å². The number of halogens is 4. The van der Waals surface area contributed by atoms with Crippen molar-refractivity contribution in [3.8, 4) is 5.75 Å². The van der Waals surface area contributed by atoms with Gasteiger partial charge in [-0.2, -0.15) is 13.2 Å². The zero-order valence-electron chi connectivity index (χ0n) is 18.8. The fourth-order valence-electron chi connectivity index (χ4n) is 3.27. The summed E-state index contributed by atoms with van der Waals surface area (Å²) in [7, 11) is -2.93. The summed E-state index contributed by atoms with van der Waals surface area (Å²) in [5.41, 5.74) is -0.136. The lowest BCUT2D eigenvalue weighted by Crippen LogP contribution is -2.40. The van der Waals surface area contributed by atoms with E-state index in [1.165, 1.54) is 19.2 Å².